The maximum absolute atomic E-state index is 10.1. The molecule has 18 heavy (non-hydrogen) atoms. The lowest BCUT2D eigenvalue weighted by Gasteiger charge is -2.41. The van der Waals surface area contributed by atoms with Crippen molar-refractivity contribution in [2.24, 2.45) is 0 Å². The Balaban J connectivity index is 2.13. The van der Waals surface area contributed by atoms with Crippen LogP contribution in [-0.4, -0.2) is 47.6 Å². The van der Waals surface area contributed by atoms with E-state index in [2.05, 4.69) is 42.8 Å². The van der Waals surface area contributed by atoms with Gasteiger partial charge in [0.25, 0.3) is 0 Å². The molecule has 2 unspecified atom stereocenters. The Bertz CT molecular complexity index is 419. The fraction of sp³-hybridized carbons (Fsp3) is 0.600. The van der Waals surface area contributed by atoms with E-state index in [0.29, 0.717) is 11.8 Å². The molecule has 1 fully saturated rings. The average molecular weight is 248 g/mol. The molecule has 1 saturated heterocycles. The van der Waals surface area contributed by atoms with Gasteiger partial charge in [0.15, 0.2) is 0 Å². The van der Waals surface area contributed by atoms with Crippen molar-refractivity contribution in [3.05, 3.63) is 29.3 Å². The Hall–Kier alpha value is -1.06. The number of aryl methyl sites for hydroxylation is 1. The third-order valence-corrected chi connectivity index (χ3v) is 4.17. The Morgan fingerprint density at radius 2 is 2.06 bits per heavy atom. The first kappa shape index (κ1) is 13.4. The van der Waals surface area contributed by atoms with Crippen LogP contribution in [0.2, 0.25) is 0 Å². The summed E-state index contributed by atoms with van der Waals surface area (Å²) >= 11 is 0. The van der Waals surface area contributed by atoms with Crippen LogP contribution in [0.1, 0.15) is 31.0 Å². The van der Waals surface area contributed by atoms with Crippen molar-refractivity contribution >= 4 is 0 Å². The first-order valence-electron chi connectivity index (χ1n) is 6.73. The summed E-state index contributed by atoms with van der Waals surface area (Å²) in [5.74, 6) is 0.425. The minimum absolute atomic E-state index is 0.279. The van der Waals surface area contributed by atoms with Gasteiger partial charge in [-0.25, -0.2) is 0 Å². The summed E-state index contributed by atoms with van der Waals surface area (Å²) in [6.07, 6.45) is 0. The van der Waals surface area contributed by atoms with Gasteiger partial charge in [0.2, 0.25) is 0 Å². The summed E-state index contributed by atoms with van der Waals surface area (Å²) in [6.45, 7) is 9.67. The van der Waals surface area contributed by atoms with Crippen molar-refractivity contribution < 1.29 is 5.11 Å². The lowest BCUT2D eigenvalue weighted by molar-refractivity contribution is 0.0766. The molecule has 0 spiro atoms. The van der Waals surface area contributed by atoms with Gasteiger partial charge in [-0.15, -0.1) is 0 Å². The number of piperazine rings is 1. The number of likely N-dealkylation sites (N-methyl/N-ethyl adjacent to an activating group) is 1. The molecule has 3 nitrogen and oxygen atoms in total. The molecule has 1 aromatic carbocycles. The Morgan fingerprint density at radius 3 is 2.67 bits per heavy atom. The van der Waals surface area contributed by atoms with Crippen molar-refractivity contribution in [2.75, 3.05) is 26.7 Å². The number of aromatic hydroxyl groups is 1. The summed E-state index contributed by atoms with van der Waals surface area (Å²) in [6, 6.07) is 6.84. The van der Waals surface area contributed by atoms with Crippen LogP contribution in [0, 0.1) is 6.92 Å². The summed E-state index contributed by atoms with van der Waals surface area (Å²) < 4.78 is 0. The second-order valence-electron chi connectivity index (χ2n) is 5.56. The van der Waals surface area contributed by atoms with E-state index >= 15 is 0 Å². The highest BCUT2D eigenvalue weighted by atomic mass is 16.3. The van der Waals surface area contributed by atoms with Crippen molar-refractivity contribution in [3.63, 3.8) is 0 Å². The van der Waals surface area contributed by atoms with Crippen LogP contribution < -0.4 is 0 Å². The van der Waals surface area contributed by atoms with E-state index in [4.69, 9.17) is 0 Å². The topological polar surface area (TPSA) is 26.7 Å². The molecule has 1 heterocycles. The molecule has 0 radical (unpaired) electrons. The highest BCUT2D eigenvalue weighted by molar-refractivity contribution is 5.37. The van der Waals surface area contributed by atoms with Crippen molar-refractivity contribution in [1.82, 2.24) is 9.80 Å². The molecule has 0 aromatic heterocycles. The van der Waals surface area contributed by atoms with Gasteiger partial charge in [-0.2, -0.15) is 0 Å². The second kappa shape index (κ2) is 5.29. The number of phenols is 1. The summed E-state index contributed by atoms with van der Waals surface area (Å²) in [4.78, 5) is 4.84. The Labute approximate surface area is 110 Å². The molecule has 0 amide bonds. The number of nitrogens with zero attached hydrogens (tertiary/aromatic N) is 2. The lowest BCUT2D eigenvalue weighted by atomic mass is 10.0. The summed E-state index contributed by atoms with van der Waals surface area (Å²) in [5, 5.41) is 10.1. The summed E-state index contributed by atoms with van der Waals surface area (Å²) in [7, 11) is 2.18. The van der Waals surface area contributed by atoms with E-state index in [1.807, 2.05) is 13.0 Å². The van der Waals surface area contributed by atoms with Crippen LogP contribution in [0.4, 0.5) is 0 Å². The van der Waals surface area contributed by atoms with Gasteiger partial charge in [-0.1, -0.05) is 12.1 Å². The molecule has 2 rings (SSSR count). The highest BCUT2D eigenvalue weighted by Gasteiger charge is 2.26. The Kier molecular flexibility index (Phi) is 3.93. The minimum Gasteiger partial charge on any atom is -0.508 e. The van der Waals surface area contributed by atoms with E-state index < -0.39 is 0 Å². The van der Waals surface area contributed by atoms with Crippen LogP contribution in [0.25, 0.3) is 0 Å². The maximum Gasteiger partial charge on any atom is 0.120 e. The number of rotatable bonds is 2. The van der Waals surface area contributed by atoms with Crippen LogP contribution in [0.5, 0.6) is 5.75 Å². The first-order chi connectivity index (χ1) is 8.49. The highest BCUT2D eigenvalue weighted by Crippen LogP contribution is 2.30. The van der Waals surface area contributed by atoms with Gasteiger partial charge < -0.3 is 10.0 Å². The molecule has 1 N–H and O–H groups in total. The molecule has 2 atom stereocenters. The monoisotopic (exact) mass is 248 g/mol. The Morgan fingerprint density at radius 1 is 1.33 bits per heavy atom. The molecule has 3 heteroatoms. The molecule has 1 aromatic rings. The molecular weight excluding hydrogens is 224 g/mol. The van der Waals surface area contributed by atoms with Gasteiger partial charge >= 0.3 is 0 Å². The molecule has 0 saturated carbocycles. The minimum atomic E-state index is 0.279. The van der Waals surface area contributed by atoms with Crippen molar-refractivity contribution in [3.8, 4) is 5.75 Å². The smallest absolute Gasteiger partial charge is 0.120 e. The number of benzene rings is 1. The van der Waals surface area contributed by atoms with Crippen LogP contribution in [0.3, 0.4) is 0 Å². The van der Waals surface area contributed by atoms with Crippen LogP contribution in [0.15, 0.2) is 18.2 Å². The zero-order chi connectivity index (χ0) is 13.3. The lowest BCUT2D eigenvalue weighted by Crippen LogP contribution is -2.50. The SMILES string of the molecule is Cc1ccc(C(C)N2CCN(C)C(C)C2)c(O)c1. The number of hydrogen-bond acceptors (Lipinski definition) is 3. The van der Waals surface area contributed by atoms with Gasteiger partial charge in [0.05, 0.1) is 0 Å². The van der Waals surface area contributed by atoms with Crippen LogP contribution >= 0.6 is 0 Å². The van der Waals surface area contributed by atoms with E-state index in [1.54, 1.807) is 0 Å². The number of phenolic OH excluding ortho intramolecular Hbond substituents is 1. The standard InChI is InChI=1S/C15H24N2O/c1-11-5-6-14(15(18)9-11)13(3)17-8-7-16(4)12(2)10-17/h5-6,9,12-13,18H,7-8,10H2,1-4H3. The molecule has 0 bridgehead atoms. The largest absolute Gasteiger partial charge is 0.508 e. The average Bonchev–Trinajstić information content (AvgIpc) is 2.32. The number of hydrogen-bond donors (Lipinski definition) is 1. The zero-order valence-corrected chi connectivity index (χ0v) is 11.8. The molecular formula is C15H24N2O. The van der Waals surface area contributed by atoms with Crippen LogP contribution in [-0.2, 0) is 0 Å². The molecule has 100 valence electrons. The predicted octanol–water partition coefficient (Wildman–Crippen LogP) is 2.40. The van der Waals surface area contributed by atoms with Crippen molar-refractivity contribution in [2.45, 2.75) is 32.9 Å². The first-order valence-corrected chi connectivity index (χ1v) is 6.73. The summed E-state index contributed by atoms with van der Waals surface area (Å²) in [5.41, 5.74) is 2.15. The second-order valence-corrected chi connectivity index (χ2v) is 5.56. The van der Waals surface area contributed by atoms with Gasteiger partial charge in [-0.05, 0) is 39.4 Å². The fourth-order valence-electron chi connectivity index (χ4n) is 2.63. The third-order valence-electron chi connectivity index (χ3n) is 4.17. The van der Waals surface area contributed by atoms with E-state index in [0.717, 1.165) is 30.8 Å². The molecule has 1 aliphatic heterocycles. The molecule has 0 aliphatic carbocycles. The maximum atomic E-state index is 10.1. The van der Waals surface area contributed by atoms with Crippen molar-refractivity contribution in [1.29, 1.82) is 0 Å². The quantitative estimate of drug-likeness (QED) is 0.870. The third kappa shape index (κ3) is 2.68. The predicted molar refractivity (Wildman–Crippen MR) is 74.9 cm³/mol. The van der Waals surface area contributed by atoms with E-state index in [-0.39, 0.29) is 6.04 Å². The normalized spacial score (nSPS) is 24.1. The van der Waals surface area contributed by atoms with E-state index in [1.165, 1.54) is 0 Å². The van der Waals surface area contributed by atoms with Gasteiger partial charge in [-0.3, -0.25) is 4.90 Å². The molecule has 1 aliphatic rings. The zero-order valence-electron chi connectivity index (χ0n) is 11.8. The van der Waals surface area contributed by atoms with E-state index in [9.17, 15) is 5.11 Å². The fourth-order valence-corrected chi connectivity index (χ4v) is 2.63. The van der Waals surface area contributed by atoms with Gasteiger partial charge in [0, 0.05) is 37.3 Å². The van der Waals surface area contributed by atoms with Gasteiger partial charge in [0.1, 0.15) is 5.75 Å².